The average Bonchev–Trinajstić information content (AvgIpc) is 2.75. The lowest BCUT2D eigenvalue weighted by Crippen LogP contribution is -2.04. The maximum Gasteiger partial charge on any atom is 0.197 e. The van der Waals surface area contributed by atoms with Crippen LogP contribution in [0.5, 0.6) is 0 Å². The highest BCUT2D eigenvalue weighted by Gasteiger charge is 2.11. The van der Waals surface area contributed by atoms with Gasteiger partial charge in [0.1, 0.15) is 5.82 Å². The Morgan fingerprint density at radius 3 is 2.94 bits per heavy atom. The first-order valence-electron chi connectivity index (χ1n) is 5.53. The van der Waals surface area contributed by atoms with Gasteiger partial charge in [0.05, 0.1) is 10.7 Å². The highest BCUT2D eigenvalue weighted by Crippen LogP contribution is 2.25. The minimum absolute atomic E-state index is 0.606. The number of hydrogen-bond donors (Lipinski definition) is 1. The third-order valence-corrected chi connectivity index (χ3v) is 2.93. The van der Waals surface area contributed by atoms with Crippen molar-refractivity contribution in [2.24, 2.45) is 0 Å². The third-order valence-electron chi connectivity index (χ3n) is 2.35. The van der Waals surface area contributed by atoms with Gasteiger partial charge in [-0.1, -0.05) is 6.92 Å². The summed E-state index contributed by atoms with van der Waals surface area (Å²) in [5, 5.41) is 3.24. The van der Waals surface area contributed by atoms with E-state index >= 15 is 0 Å². The molecular formula is C12H14BrN3O. The summed E-state index contributed by atoms with van der Waals surface area (Å²) in [6.07, 6.45) is 4.43. The minimum atomic E-state index is 0.606. The van der Waals surface area contributed by atoms with Crippen LogP contribution in [0.3, 0.4) is 0 Å². The number of nitrogens with zero attached hydrogens (tertiary/aromatic N) is 2. The summed E-state index contributed by atoms with van der Waals surface area (Å²) in [7, 11) is 0. The Hall–Kier alpha value is -1.36. The lowest BCUT2D eigenvalue weighted by molar-refractivity contribution is 0.575. The molecule has 0 spiro atoms. The van der Waals surface area contributed by atoms with Crippen LogP contribution in [0.2, 0.25) is 0 Å². The standard InChI is InChI=1S/C12H14BrN3O/c1-3-5-14-11-9(13)7-15-12(16-11)10-8(2)4-6-17-10/h4,6-7H,3,5H2,1-2H3,(H,14,15,16). The van der Waals surface area contributed by atoms with Crippen LogP contribution in [0.25, 0.3) is 11.6 Å². The second-order valence-corrected chi connectivity index (χ2v) is 4.60. The minimum Gasteiger partial charge on any atom is -0.461 e. The molecule has 0 amide bonds. The molecule has 5 heteroatoms. The molecule has 0 aliphatic heterocycles. The molecule has 0 saturated heterocycles. The van der Waals surface area contributed by atoms with E-state index in [0.29, 0.717) is 5.82 Å². The van der Waals surface area contributed by atoms with Crippen molar-refractivity contribution in [3.05, 3.63) is 28.6 Å². The quantitative estimate of drug-likeness (QED) is 0.936. The molecule has 2 aromatic heterocycles. The summed E-state index contributed by atoms with van der Waals surface area (Å²) in [6.45, 7) is 4.97. The Balaban J connectivity index is 2.34. The number of nitrogens with one attached hydrogen (secondary N) is 1. The molecule has 4 nitrogen and oxygen atoms in total. The van der Waals surface area contributed by atoms with E-state index in [-0.39, 0.29) is 0 Å². The summed E-state index contributed by atoms with van der Waals surface area (Å²) >= 11 is 3.42. The van der Waals surface area contributed by atoms with E-state index in [1.807, 2.05) is 13.0 Å². The van der Waals surface area contributed by atoms with Crippen LogP contribution in [0.4, 0.5) is 5.82 Å². The second kappa shape index (κ2) is 5.31. The van der Waals surface area contributed by atoms with E-state index in [9.17, 15) is 0 Å². The fourth-order valence-electron chi connectivity index (χ4n) is 1.45. The molecule has 0 unspecified atom stereocenters. The number of anilines is 1. The lowest BCUT2D eigenvalue weighted by Gasteiger charge is -2.07. The number of hydrogen-bond acceptors (Lipinski definition) is 4. The molecule has 2 aromatic rings. The van der Waals surface area contributed by atoms with Gasteiger partial charge in [-0.25, -0.2) is 9.97 Å². The van der Waals surface area contributed by atoms with Crippen molar-refractivity contribution in [1.82, 2.24) is 9.97 Å². The van der Waals surface area contributed by atoms with Crippen molar-refractivity contribution in [3.8, 4) is 11.6 Å². The zero-order valence-electron chi connectivity index (χ0n) is 9.83. The van der Waals surface area contributed by atoms with Gasteiger partial charge in [-0.2, -0.15) is 0 Å². The Labute approximate surface area is 109 Å². The van der Waals surface area contributed by atoms with Gasteiger partial charge < -0.3 is 9.73 Å². The predicted octanol–water partition coefficient (Wildman–Crippen LogP) is 3.63. The first kappa shape index (κ1) is 12.1. The van der Waals surface area contributed by atoms with E-state index in [4.69, 9.17) is 4.42 Å². The highest BCUT2D eigenvalue weighted by molar-refractivity contribution is 9.10. The van der Waals surface area contributed by atoms with Gasteiger partial charge in [0.25, 0.3) is 0 Å². The van der Waals surface area contributed by atoms with Crippen LogP contribution in [0.15, 0.2) is 27.4 Å². The molecular weight excluding hydrogens is 282 g/mol. The molecule has 0 aliphatic carbocycles. The Kier molecular flexibility index (Phi) is 3.78. The predicted molar refractivity (Wildman–Crippen MR) is 71.0 cm³/mol. The summed E-state index contributed by atoms with van der Waals surface area (Å²) in [6, 6.07) is 1.90. The first-order valence-corrected chi connectivity index (χ1v) is 6.32. The van der Waals surface area contributed by atoms with Gasteiger partial charge in [0, 0.05) is 12.7 Å². The molecule has 0 fully saturated rings. The number of aryl methyl sites for hydroxylation is 1. The molecule has 2 rings (SSSR count). The van der Waals surface area contributed by atoms with Crippen LogP contribution in [0.1, 0.15) is 18.9 Å². The average molecular weight is 296 g/mol. The van der Waals surface area contributed by atoms with Gasteiger partial charge in [-0.15, -0.1) is 0 Å². The molecule has 0 aromatic carbocycles. The van der Waals surface area contributed by atoms with Crippen molar-refractivity contribution >= 4 is 21.7 Å². The topological polar surface area (TPSA) is 51.0 Å². The lowest BCUT2D eigenvalue weighted by atomic mass is 10.2. The number of furan rings is 1. The molecule has 1 N–H and O–H groups in total. The molecule has 17 heavy (non-hydrogen) atoms. The molecule has 2 heterocycles. The Morgan fingerprint density at radius 1 is 1.47 bits per heavy atom. The van der Waals surface area contributed by atoms with Crippen molar-refractivity contribution in [3.63, 3.8) is 0 Å². The first-order chi connectivity index (χ1) is 8.22. The smallest absolute Gasteiger partial charge is 0.197 e. The summed E-state index contributed by atoms with van der Waals surface area (Å²) in [5.74, 6) is 2.12. The van der Waals surface area contributed by atoms with E-state index in [1.54, 1.807) is 12.5 Å². The summed E-state index contributed by atoms with van der Waals surface area (Å²) in [5.41, 5.74) is 1.04. The van der Waals surface area contributed by atoms with Gasteiger partial charge in [0.2, 0.25) is 0 Å². The van der Waals surface area contributed by atoms with Gasteiger partial charge in [0.15, 0.2) is 11.6 Å². The van der Waals surface area contributed by atoms with Gasteiger partial charge in [-0.05, 0) is 40.9 Å². The number of aromatic nitrogens is 2. The number of halogens is 1. The number of rotatable bonds is 4. The second-order valence-electron chi connectivity index (χ2n) is 3.75. The maximum absolute atomic E-state index is 5.38. The molecule has 0 aliphatic rings. The fourth-order valence-corrected chi connectivity index (χ4v) is 1.78. The van der Waals surface area contributed by atoms with Crippen LogP contribution in [0, 0.1) is 6.92 Å². The Morgan fingerprint density at radius 2 is 2.29 bits per heavy atom. The van der Waals surface area contributed by atoms with Crippen molar-refractivity contribution in [1.29, 1.82) is 0 Å². The van der Waals surface area contributed by atoms with E-state index in [1.165, 1.54) is 0 Å². The molecule has 0 bridgehead atoms. The highest BCUT2D eigenvalue weighted by atomic mass is 79.9. The fraction of sp³-hybridized carbons (Fsp3) is 0.333. The zero-order valence-corrected chi connectivity index (χ0v) is 11.4. The van der Waals surface area contributed by atoms with Crippen LogP contribution < -0.4 is 5.32 Å². The van der Waals surface area contributed by atoms with E-state index < -0.39 is 0 Å². The molecule has 0 saturated carbocycles. The van der Waals surface area contributed by atoms with Gasteiger partial charge >= 0.3 is 0 Å². The monoisotopic (exact) mass is 295 g/mol. The van der Waals surface area contributed by atoms with Crippen LogP contribution in [-0.4, -0.2) is 16.5 Å². The maximum atomic E-state index is 5.38. The molecule has 0 radical (unpaired) electrons. The van der Waals surface area contributed by atoms with Gasteiger partial charge in [-0.3, -0.25) is 0 Å². The SMILES string of the molecule is CCCNc1nc(-c2occc2C)ncc1Br. The summed E-state index contributed by atoms with van der Waals surface area (Å²) in [4.78, 5) is 8.71. The van der Waals surface area contributed by atoms with E-state index in [0.717, 1.165) is 34.6 Å². The van der Waals surface area contributed by atoms with Crippen molar-refractivity contribution in [2.45, 2.75) is 20.3 Å². The molecule has 0 atom stereocenters. The normalized spacial score (nSPS) is 10.5. The van der Waals surface area contributed by atoms with Crippen LogP contribution in [-0.2, 0) is 0 Å². The zero-order chi connectivity index (χ0) is 12.3. The molecule has 90 valence electrons. The largest absolute Gasteiger partial charge is 0.461 e. The third kappa shape index (κ3) is 2.66. The Bertz CT molecular complexity index is 510. The summed E-state index contributed by atoms with van der Waals surface area (Å²) < 4.78 is 6.24. The van der Waals surface area contributed by atoms with Crippen LogP contribution >= 0.6 is 15.9 Å². The van der Waals surface area contributed by atoms with Crippen molar-refractivity contribution in [2.75, 3.05) is 11.9 Å². The van der Waals surface area contributed by atoms with Crippen molar-refractivity contribution < 1.29 is 4.42 Å². The van der Waals surface area contributed by atoms with E-state index in [2.05, 4.69) is 38.1 Å².